The Balaban J connectivity index is 2.31. The number of ether oxygens (including phenoxy) is 3. The topological polar surface area (TPSA) is 82.8 Å². The van der Waals surface area contributed by atoms with Crippen LogP contribution >= 0.6 is 0 Å². The smallest absolute Gasteiger partial charge is 0.255 e. The Morgan fingerprint density at radius 3 is 2.32 bits per heavy atom. The fourth-order valence-corrected chi connectivity index (χ4v) is 1.91. The average molecular weight is 266 g/mol. The Bertz CT molecular complexity index is 490. The van der Waals surface area contributed by atoms with Gasteiger partial charge in [-0.15, -0.1) is 0 Å². The third kappa shape index (κ3) is 2.58. The highest BCUT2D eigenvalue weighted by Gasteiger charge is 2.35. The molecule has 1 amide bonds. The van der Waals surface area contributed by atoms with E-state index in [0.717, 1.165) is 6.42 Å². The lowest BCUT2D eigenvalue weighted by atomic mass is 10.1. The van der Waals surface area contributed by atoms with Crippen LogP contribution in [0.2, 0.25) is 0 Å². The fourth-order valence-electron chi connectivity index (χ4n) is 1.91. The van der Waals surface area contributed by atoms with E-state index >= 15 is 0 Å². The summed E-state index contributed by atoms with van der Waals surface area (Å²) in [5.74, 6) is 1.04. The number of amides is 1. The molecule has 0 heterocycles. The lowest BCUT2D eigenvalue weighted by Crippen LogP contribution is -2.30. The zero-order chi connectivity index (χ0) is 14.0. The van der Waals surface area contributed by atoms with Gasteiger partial charge in [0.25, 0.3) is 5.91 Å². The van der Waals surface area contributed by atoms with Crippen molar-refractivity contribution in [3.63, 3.8) is 0 Å². The van der Waals surface area contributed by atoms with E-state index in [9.17, 15) is 4.79 Å². The first kappa shape index (κ1) is 13.5. The molecule has 1 aliphatic carbocycles. The number of hydrogen-bond donors (Lipinski definition) is 2. The molecule has 19 heavy (non-hydrogen) atoms. The van der Waals surface area contributed by atoms with Gasteiger partial charge in [-0.25, -0.2) is 0 Å². The van der Waals surface area contributed by atoms with Crippen LogP contribution in [0.5, 0.6) is 17.2 Å². The van der Waals surface area contributed by atoms with E-state index in [1.807, 2.05) is 0 Å². The molecule has 104 valence electrons. The van der Waals surface area contributed by atoms with E-state index in [2.05, 4.69) is 5.32 Å². The molecule has 2 atom stereocenters. The van der Waals surface area contributed by atoms with Gasteiger partial charge in [0.2, 0.25) is 5.75 Å². The molecule has 1 aliphatic rings. The third-order valence-electron chi connectivity index (χ3n) is 3.11. The van der Waals surface area contributed by atoms with Crippen molar-refractivity contribution in [2.45, 2.75) is 18.5 Å². The molecule has 1 fully saturated rings. The summed E-state index contributed by atoms with van der Waals surface area (Å²) in [5.41, 5.74) is 6.08. The predicted octanol–water partition coefficient (Wildman–Crippen LogP) is 0.542. The van der Waals surface area contributed by atoms with Crippen LogP contribution in [0.25, 0.3) is 0 Å². The maximum absolute atomic E-state index is 12.1. The van der Waals surface area contributed by atoms with Crippen LogP contribution in [0.15, 0.2) is 12.1 Å². The van der Waals surface area contributed by atoms with Gasteiger partial charge < -0.3 is 25.3 Å². The molecule has 0 aliphatic heterocycles. The Morgan fingerprint density at radius 1 is 1.21 bits per heavy atom. The van der Waals surface area contributed by atoms with E-state index in [0.29, 0.717) is 22.8 Å². The van der Waals surface area contributed by atoms with E-state index in [4.69, 9.17) is 19.9 Å². The monoisotopic (exact) mass is 266 g/mol. The first-order valence-corrected chi connectivity index (χ1v) is 5.97. The van der Waals surface area contributed by atoms with Crippen LogP contribution in [0.4, 0.5) is 0 Å². The molecule has 0 saturated heterocycles. The highest BCUT2D eigenvalue weighted by atomic mass is 16.5. The third-order valence-corrected chi connectivity index (χ3v) is 3.11. The summed E-state index contributed by atoms with van der Waals surface area (Å²) in [5, 5.41) is 2.84. The number of nitrogens with one attached hydrogen (secondary N) is 1. The molecule has 0 spiro atoms. The summed E-state index contributed by atoms with van der Waals surface area (Å²) in [6.07, 6.45) is 0.807. The van der Waals surface area contributed by atoms with Crippen molar-refractivity contribution in [3.05, 3.63) is 17.7 Å². The second-order valence-electron chi connectivity index (χ2n) is 4.36. The number of nitrogens with two attached hydrogens (primary N) is 1. The summed E-state index contributed by atoms with van der Waals surface area (Å²) < 4.78 is 15.7. The zero-order valence-electron chi connectivity index (χ0n) is 11.2. The van der Waals surface area contributed by atoms with Gasteiger partial charge in [-0.1, -0.05) is 0 Å². The number of hydrogen-bond acceptors (Lipinski definition) is 5. The Hall–Kier alpha value is -1.95. The van der Waals surface area contributed by atoms with Crippen LogP contribution in [-0.4, -0.2) is 39.3 Å². The lowest BCUT2D eigenvalue weighted by molar-refractivity contribution is 0.0946. The molecule has 1 saturated carbocycles. The number of carbonyl (C=O) groups is 1. The van der Waals surface area contributed by atoms with Gasteiger partial charge in [0, 0.05) is 12.1 Å². The molecule has 1 aromatic carbocycles. The second kappa shape index (κ2) is 5.36. The Morgan fingerprint density at radius 2 is 1.84 bits per heavy atom. The van der Waals surface area contributed by atoms with Gasteiger partial charge in [0.1, 0.15) is 0 Å². The summed E-state index contributed by atoms with van der Waals surface area (Å²) in [7, 11) is 4.51. The van der Waals surface area contributed by atoms with E-state index in [1.54, 1.807) is 12.1 Å². The number of methoxy groups -OCH3 is 3. The fraction of sp³-hybridized carbons (Fsp3) is 0.462. The maximum atomic E-state index is 12.1. The van der Waals surface area contributed by atoms with Gasteiger partial charge in [0.15, 0.2) is 11.5 Å². The molecule has 3 N–H and O–H groups in total. The van der Waals surface area contributed by atoms with Crippen molar-refractivity contribution in [1.82, 2.24) is 5.32 Å². The van der Waals surface area contributed by atoms with Gasteiger partial charge in [-0.05, 0) is 18.6 Å². The molecular weight excluding hydrogens is 248 g/mol. The van der Waals surface area contributed by atoms with Gasteiger partial charge >= 0.3 is 0 Å². The van der Waals surface area contributed by atoms with Crippen LogP contribution in [-0.2, 0) is 0 Å². The normalized spacial score (nSPS) is 20.6. The van der Waals surface area contributed by atoms with E-state index < -0.39 is 0 Å². The minimum absolute atomic E-state index is 0.0466. The highest BCUT2D eigenvalue weighted by Crippen LogP contribution is 2.39. The molecule has 2 rings (SSSR count). The SMILES string of the molecule is COc1ccc(C(=O)NC2CC2N)c(OC)c1OC. The van der Waals surface area contributed by atoms with Crippen molar-refractivity contribution in [2.75, 3.05) is 21.3 Å². The summed E-state index contributed by atoms with van der Waals surface area (Å²) in [4.78, 5) is 12.1. The number of rotatable bonds is 5. The van der Waals surface area contributed by atoms with Crippen LogP contribution < -0.4 is 25.3 Å². The van der Waals surface area contributed by atoms with E-state index in [-0.39, 0.29) is 18.0 Å². The molecule has 0 radical (unpaired) electrons. The van der Waals surface area contributed by atoms with Gasteiger partial charge in [0.05, 0.1) is 26.9 Å². The predicted molar refractivity (Wildman–Crippen MR) is 69.9 cm³/mol. The zero-order valence-corrected chi connectivity index (χ0v) is 11.2. The molecule has 1 aromatic rings. The van der Waals surface area contributed by atoms with Crippen molar-refractivity contribution in [3.8, 4) is 17.2 Å². The molecule has 6 heteroatoms. The Kier molecular flexibility index (Phi) is 3.80. The first-order valence-electron chi connectivity index (χ1n) is 5.97. The number of carbonyl (C=O) groups excluding carboxylic acids is 1. The van der Waals surface area contributed by atoms with Crippen LogP contribution in [0, 0.1) is 0 Å². The molecular formula is C13H18N2O4. The average Bonchev–Trinajstić information content (AvgIpc) is 3.11. The lowest BCUT2D eigenvalue weighted by Gasteiger charge is -2.15. The first-order chi connectivity index (χ1) is 9.12. The Labute approximate surface area is 111 Å². The minimum Gasteiger partial charge on any atom is -0.493 e. The molecule has 6 nitrogen and oxygen atoms in total. The second-order valence-corrected chi connectivity index (χ2v) is 4.36. The molecule has 0 bridgehead atoms. The van der Waals surface area contributed by atoms with Gasteiger partial charge in [-0.3, -0.25) is 4.79 Å². The standard InChI is InChI=1S/C13H18N2O4/c1-17-10-5-4-7(11(18-2)12(10)19-3)13(16)15-9-6-8(9)14/h4-5,8-9H,6,14H2,1-3H3,(H,15,16). The summed E-state index contributed by atoms with van der Waals surface area (Å²) in [6.45, 7) is 0. The maximum Gasteiger partial charge on any atom is 0.255 e. The minimum atomic E-state index is -0.226. The van der Waals surface area contributed by atoms with Crippen molar-refractivity contribution in [1.29, 1.82) is 0 Å². The highest BCUT2D eigenvalue weighted by molar-refractivity contribution is 5.98. The van der Waals surface area contributed by atoms with Crippen LogP contribution in [0.1, 0.15) is 16.8 Å². The molecule has 2 unspecified atom stereocenters. The largest absolute Gasteiger partial charge is 0.493 e. The quantitative estimate of drug-likeness (QED) is 0.813. The summed E-state index contributed by atoms with van der Waals surface area (Å²) >= 11 is 0. The number of benzene rings is 1. The van der Waals surface area contributed by atoms with Crippen LogP contribution in [0.3, 0.4) is 0 Å². The summed E-state index contributed by atoms with van der Waals surface area (Å²) in [6, 6.07) is 3.41. The van der Waals surface area contributed by atoms with E-state index in [1.165, 1.54) is 21.3 Å². The van der Waals surface area contributed by atoms with Gasteiger partial charge in [-0.2, -0.15) is 0 Å². The van der Waals surface area contributed by atoms with Crippen molar-refractivity contribution in [2.24, 2.45) is 5.73 Å². The van der Waals surface area contributed by atoms with Crippen molar-refractivity contribution < 1.29 is 19.0 Å². The molecule has 0 aromatic heterocycles. The van der Waals surface area contributed by atoms with Crippen molar-refractivity contribution >= 4 is 5.91 Å².